The number of nitrogens with zero attached hydrogens (tertiary/aromatic N) is 8. The molecule has 0 unspecified atom stereocenters. The molecule has 276 valence electrons. The Morgan fingerprint density at radius 3 is 2.54 bits per heavy atom. The van der Waals surface area contributed by atoms with E-state index < -0.39 is 0 Å². The summed E-state index contributed by atoms with van der Waals surface area (Å²) in [6, 6.07) is 13.6. The fraction of sp³-hybridized carbons (Fsp3) is 0.512. The van der Waals surface area contributed by atoms with Gasteiger partial charge in [-0.3, -0.25) is 9.48 Å². The SMILES string of the molecule is Cc1ccc2c(c1)C(C)(C)C(/C=C/C=C1/N(C)c3ccc(C)cc3C1(C)C)=[N+]2CCCCCC(=O)NCCCn1cc(CNCCCN=[N+]=[N-])nn1. The van der Waals surface area contributed by atoms with Crippen molar-refractivity contribution in [2.24, 2.45) is 5.11 Å². The molecular formula is C41H57N10O+. The Hall–Kier alpha value is -4.73. The van der Waals surface area contributed by atoms with Gasteiger partial charge in [-0.25, -0.2) is 0 Å². The van der Waals surface area contributed by atoms with Crippen molar-refractivity contribution in [3.8, 4) is 0 Å². The zero-order valence-electron chi connectivity index (χ0n) is 32.2. The van der Waals surface area contributed by atoms with Gasteiger partial charge in [0.1, 0.15) is 6.54 Å². The number of benzene rings is 2. The van der Waals surface area contributed by atoms with Gasteiger partial charge in [0.2, 0.25) is 11.6 Å². The summed E-state index contributed by atoms with van der Waals surface area (Å²) in [5, 5.41) is 18.2. The highest BCUT2D eigenvalue weighted by Gasteiger charge is 2.44. The van der Waals surface area contributed by atoms with Gasteiger partial charge in [-0.2, -0.15) is 4.58 Å². The van der Waals surface area contributed by atoms with Crippen LogP contribution in [0, 0.1) is 13.8 Å². The molecule has 1 aromatic heterocycles. The summed E-state index contributed by atoms with van der Waals surface area (Å²) in [6.07, 6.45) is 13.8. The van der Waals surface area contributed by atoms with Crippen molar-refractivity contribution >= 4 is 23.0 Å². The van der Waals surface area contributed by atoms with Gasteiger partial charge < -0.3 is 15.5 Å². The second-order valence-electron chi connectivity index (χ2n) is 15.3. The summed E-state index contributed by atoms with van der Waals surface area (Å²) >= 11 is 0. The molecule has 0 fully saturated rings. The largest absolute Gasteiger partial charge is 0.356 e. The summed E-state index contributed by atoms with van der Waals surface area (Å²) in [5.74, 6) is 0.104. The van der Waals surface area contributed by atoms with Crippen molar-refractivity contribution < 1.29 is 9.37 Å². The molecular weight excluding hydrogens is 649 g/mol. The number of hydrogen-bond donors (Lipinski definition) is 2. The minimum Gasteiger partial charge on any atom is -0.356 e. The van der Waals surface area contributed by atoms with E-state index in [9.17, 15) is 4.79 Å². The first-order chi connectivity index (χ1) is 24.9. The van der Waals surface area contributed by atoms with Crippen LogP contribution in [0.5, 0.6) is 0 Å². The lowest BCUT2D eigenvalue weighted by atomic mass is 9.80. The normalized spacial score (nSPS) is 16.4. The van der Waals surface area contributed by atoms with Crippen molar-refractivity contribution in [1.29, 1.82) is 0 Å². The van der Waals surface area contributed by atoms with E-state index in [4.69, 9.17) is 5.53 Å². The molecule has 0 aliphatic carbocycles. The van der Waals surface area contributed by atoms with Gasteiger partial charge in [-0.1, -0.05) is 59.6 Å². The van der Waals surface area contributed by atoms with Crippen LogP contribution < -0.4 is 15.5 Å². The topological polar surface area (TPSA) is 127 Å². The minimum atomic E-state index is -0.118. The van der Waals surface area contributed by atoms with Gasteiger partial charge in [0, 0.05) is 91.7 Å². The number of aromatic nitrogens is 3. The van der Waals surface area contributed by atoms with E-state index in [2.05, 4.69) is 144 Å². The highest BCUT2D eigenvalue weighted by atomic mass is 16.1. The maximum Gasteiger partial charge on any atom is 0.219 e. The summed E-state index contributed by atoms with van der Waals surface area (Å²) in [6.45, 7) is 17.7. The lowest BCUT2D eigenvalue weighted by molar-refractivity contribution is -0.438. The van der Waals surface area contributed by atoms with E-state index >= 15 is 0 Å². The van der Waals surface area contributed by atoms with E-state index in [1.807, 2.05) is 10.9 Å². The van der Waals surface area contributed by atoms with Gasteiger partial charge in [-0.05, 0) is 89.2 Å². The van der Waals surface area contributed by atoms with Gasteiger partial charge in [0.05, 0.1) is 11.1 Å². The van der Waals surface area contributed by atoms with Gasteiger partial charge in [-0.15, -0.1) is 5.10 Å². The quantitative estimate of drug-likeness (QED) is 0.0461. The number of hydrogen-bond acceptors (Lipinski definition) is 6. The van der Waals surface area contributed by atoms with Crippen LogP contribution in [-0.2, 0) is 28.7 Å². The molecule has 3 heterocycles. The van der Waals surface area contributed by atoms with Crippen molar-refractivity contribution in [3.05, 3.63) is 105 Å². The zero-order chi connectivity index (χ0) is 37.3. The van der Waals surface area contributed by atoms with Crippen LogP contribution >= 0.6 is 0 Å². The summed E-state index contributed by atoms with van der Waals surface area (Å²) in [7, 11) is 2.18. The number of amides is 1. The van der Waals surface area contributed by atoms with Crippen LogP contribution in [0.25, 0.3) is 10.4 Å². The maximum absolute atomic E-state index is 12.6. The fourth-order valence-electron chi connectivity index (χ4n) is 7.56. The van der Waals surface area contributed by atoms with E-state index in [0.717, 1.165) is 50.9 Å². The number of rotatable bonds is 18. The van der Waals surface area contributed by atoms with Crippen molar-refractivity contribution in [3.63, 3.8) is 0 Å². The number of nitrogens with one attached hydrogen (secondary N) is 2. The average molecular weight is 706 g/mol. The molecule has 0 radical (unpaired) electrons. The second-order valence-corrected chi connectivity index (χ2v) is 15.3. The predicted molar refractivity (Wildman–Crippen MR) is 210 cm³/mol. The number of allylic oxidation sites excluding steroid dienone is 4. The summed E-state index contributed by atoms with van der Waals surface area (Å²) in [4.78, 5) is 17.7. The average Bonchev–Trinajstić information content (AvgIpc) is 3.70. The molecule has 0 saturated heterocycles. The van der Waals surface area contributed by atoms with E-state index in [-0.39, 0.29) is 16.7 Å². The zero-order valence-corrected chi connectivity index (χ0v) is 32.2. The molecule has 0 spiro atoms. The van der Waals surface area contributed by atoms with E-state index in [1.165, 1.54) is 45.0 Å². The smallest absolute Gasteiger partial charge is 0.219 e. The van der Waals surface area contributed by atoms with Crippen LogP contribution in [0.4, 0.5) is 11.4 Å². The Morgan fingerprint density at radius 2 is 1.75 bits per heavy atom. The van der Waals surface area contributed by atoms with Crippen molar-refractivity contribution in [1.82, 2.24) is 25.6 Å². The molecule has 2 N–H and O–H groups in total. The first kappa shape index (κ1) is 38.5. The molecule has 2 aliphatic rings. The fourth-order valence-corrected chi connectivity index (χ4v) is 7.56. The Kier molecular flexibility index (Phi) is 12.7. The number of carbonyl (C=O) groups is 1. The third-order valence-electron chi connectivity index (χ3n) is 10.5. The number of carbonyl (C=O) groups excluding carboxylic acids is 1. The van der Waals surface area contributed by atoms with Gasteiger partial charge in [0.15, 0.2) is 5.71 Å². The monoisotopic (exact) mass is 705 g/mol. The molecule has 2 aromatic carbocycles. The molecule has 0 saturated carbocycles. The molecule has 3 aromatic rings. The van der Waals surface area contributed by atoms with Crippen LogP contribution in [0.3, 0.4) is 0 Å². The molecule has 1 amide bonds. The van der Waals surface area contributed by atoms with Crippen molar-refractivity contribution in [2.45, 2.75) is 104 Å². The van der Waals surface area contributed by atoms with Crippen molar-refractivity contribution in [2.75, 3.05) is 38.1 Å². The summed E-state index contributed by atoms with van der Waals surface area (Å²) < 4.78 is 4.32. The van der Waals surface area contributed by atoms with Crippen LogP contribution in [0.2, 0.25) is 0 Å². The summed E-state index contributed by atoms with van der Waals surface area (Å²) in [5.41, 5.74) is 19.5. The number of unbranched alkanes of at least 4 members (excludes halogenated alkanes) is 2. The maximum atomic E-state index is 12.6. The Balaban J connectivity index is 1.11. The highest BCUT2D eigenvalue weighted by molar-refractivity contribution is 6.03. The number of likely N-dealkylation sites (N-methyl/N-ethyl adjacent to an activating group) is 1. The van der Waals surface area contributed by atoms with Crippen LogP contribution in [0.1, 0.15) is 94.2 Å². The minimum absolute atomic E-state index is 0.0706. The first-order valence-electron chi connectivity index (χ1n) is 18.8. The van der Waals surface area contributed by atoms with Crippen LogP contribution in [0.15, 0.2) is 71.6 Å². The lowest BCUT2D eigenvalue weighted by Gasteiger charge is -2.23. The van der Waals surface area contributed by atoms with E-state index in [1.54, 1.807) is 0 Å². The predicted octanol–water partition coefficient (Wildman–Crippen LogP) is 7.70. The molecule has 0 bridgehead atoms. The van der Waals surface area contributed by atoms with Gasteiger partial charge >= 0.3 is 0 Å². The first-order valence-corrected chi connectivity index (χ1v) is 18.8. The van der Waals surface area contributed by atoms with Gasteiger partial charge in [0.25, 0.3) is 0 Å². The Morgan fingerprint density at radius 1 is 0.981 bits per heavy atom. The number of fused-ring (bicyclic) bond motifs is 2. The third kappa shape index (κ3) is 9.00. The number of aryl methyl sites for hydroxylation is 3. The van der Waals surface area contributed by atoms with Crippen LogP contribution in [-0.4, -0.2) is 64.4 Å². The number of azide groups is 1. The second kappa shape index (κ2) is 17.2. The standard InChI is InChI=1S/C41H56N10O/c1-30-17-19-35-33(26-30)40(3,4)37(49(35)7)14-11-15-38-41(5,6)34-27-31(2)18-20-36(34)51(38)25-10-8-9-16-39(52)44-22-13-24-50-29-32(46-48-50)28-43-21-12-23-45-47-42/h11,14-15,17-20,26-27,29,43H,8-10,12-13,16,21-25,28H2,1-7H3/p+1. The molecule has 11 nitrogen and oxygen atoms in total. The number of anilines is 1. The molecule has 11 heteroatoms. The molecule has 5 rings (SSSR count). The van der Waals surface area contributed by atoms with E-state index in [0.29, 0.717) is 32.6 Å². The lowest BCUT2D eigenvalue weighted by Crippen LogP contribution is -2.28. The Bertz CT molecular complexity index is 1880. The molecule has 0 atom stereocenters. The third-order valence-corrected chi connectivity index (χ3v) is 10.5. The Labute approximate surface area is 309 Å². The highest BCUT2D eigenvalue weighted by Crippen LogP contribution is 2.47. The molecule has 52 heavy (non-hydrogen) atoms. The molecule has 2 aliphatic heterocycles.